The van der Waals surface area contributed by atoms with Gasteiger partial charge in [0.2, 0.25) is 11.8 Å². The van der Waals surface area contributed by atoms with Crippen LogP contribution in [0, 0.1) is 11.6 Å². The first-order valence-corrected chi connectivity index (χ1v) is 7.28. The number of benzene rings is 2. The molecule has 0 aliphatic heterocycles. The molecule has 4 nitrogen and oxygen atoms in total. The number of nitrogens with zero attached hydrogens (tertiary/aromatic N) is 1. The van der Waals surface area contributed by atoms with Crippen LogP contribution in [-0.2, 0) is 15.8 Å². The van der Waals surface area contributed by atoms with Crippen LogP contribution in [0.4, 0.5) is 33.3 Å². The number of amides is 2. The first-order valence-electron chi connectivity index (χ1n) is 7.28. The quantitative estimate of drug-likeness (QED) is 0.826. The number of carbonyl (C=O) groups excluding carboxylic acids is 2. The van der Waals surface area contributed by atoms with Crippen LogP contribution in [0.15, 0.2) is 42.5 Å². The van der Waals surface area contributed by atoms with Crippen LogP contribution in [0.1, 0.15) is 12.5 Å². The van der Waals surface area contributed by atoms with Gasteiger partial charge >= 0.3 is 6.18 Å². The molecule has 0 heterocycles. The molecule has 0 aliphatic rings. The number of halogens is 5. The van der Waals surface area contributed by atoms with E-state index in [9.17, 15) is 31.5 Å². The Hall–Kier alpha value is -2.97. The van der Waals surface area contributed by atoms with Gasteiger partial charge in [0.1, 0.15) is 6.54 Å². The fourth-order valence-corrected chi connectivity index (χ4v) is 2.15. The molecular formula is C17H13F5N2O2. The van der Waals surface area contributed by atoms with E-state index in [1.54, 1.807) is 0 Å². The number of hydrogen-bond acceptors (Lipinski definition) is 2. The van der Waals surface area contributed by atoms with E-state index in [0.29, 0.717) is 0 Å². The van der Waals surface area contributed by atoms with Crippen LogP contribution >= 0.6 is 0 Å². The molecule has 0 aromatic heterocycles. The van der Waals surface area contributed by atoms with Gasteiger partial charge in [0, 0.05) is 24.4 Å². The molecular weight excluding hydrogens is 359 g/mol. The molecule has 0 unspecified atom stereocenters. The summed E-state index contributed by atoms with van der Waals surface area (Å²) in [7, 11) is 0. The molecule has 0 fully saturated rings. The first kappa shape index (κ1) is 19.4. The van der Waals surface area contributed by atoms with Crippen LogP contribution in [0.3, 0.4) is 0 Å². The molecule has 26 heavy (non-hydrogen) atoms. The van der Waals surface area contributed by atoms with Gasteiger partial charge in [-0.05, 0) is 30.3 Å². The van der Waals surface area contributed by atoms with Crippen LogP contribution < -0.4 is 10.2 Å². The third-order valence-electron chi connectivity index (χ3n) is 3.37. The van der Waals surface area contributed by atoms with Crippen molar-refractivity contribution in [3.05, 3.63) is 59.7 Å². The fourth-order valence-electron chi connectivity index (χ4n) is 2.15. The van der Waals surface area contributed by atoms with Crippen LogP contribution in [0.5, 0.6) is 0 Å². The van der Waals surface area contributed by atoms with E-state index in [4.69, 9.17) is 0 Å². The zero-order chi connectivity index (χ0) is 19.5. The molecule has 138 valence electrons. The van der Waals surface area contributed by atoms with Crippen molar-refractivity contribution in [2.75, 3.05) is 16.8 Å². The van der Waals surface area contributed by atoms with Gasteiger partial charge in [0.05, 0.1) is 5.56 Å². The van der Waals surface area contributed by atoms with Gasteiger partial charge in [-0.15, -0.1) is 0 Å². The van der Waals surface area contributed by atoms with E-state index in [0.717, 1.165) is 48.2 Å². The number of nitrogens with one attached hydrogen (secondary N) is 1. The Morgan fingerprint density at radius 2 is 1.73 bits per heavy atom. The molecule has 2 rings (SSSR count). The Balaban J connectivity index is 2.19. The summed E-state index contributed by atoms with van der Waals surface area (Å²) in [6.45, 7) is 0.487. The minimum Gasteiger partial charge on any atom is -0.324 e. The van der Waals surface area contributed by atoms with Gasteiger partial charge in [-0.1, -0.05) is 6.07 Å². The minimum atomic E-state index is -4.60. The van der Waals surface area contributed by atoms with Gasteiger partial charge in [-0.2, -0.15) is 13.2 Å². The van der Waals surface area contributed by atoms with Crippen molar-refractivity contribution in [2.45, 2.75) is 13.1 Å². The average molecular weight is 372 g/mol. The van der Waals surface area contributed by atoms with E-state index < -0.39 is 41.7 Å². The highest BCUT2D eigenvalue weighted by Crippen LogP contribution is 2.31. The van der Waals surface area contributed by atoms with Crippen molar-refractivity contribution in [3.8, 4) is 0 Å². The molecule has 2 amide bonds. The highest BCUT2D eigenvalue weighted by molar-refractivity contribution is 6.01. The van der Waals surface area contributed by atoms with Crippen molar-refractivity contribution >= 4 is 23.2 Å². The summed E-state index contributed by atoms with van der Waals surface area (Å²) < 4.78 is 64.4. The summed E-state index contributed by atoms with van der Waals surface area (Å²) in [6, 6.07) is 6.60. The number of alkyl halides is 3. The van der Waals surface area contributed by atoms with Gasteiger partial charge in [-0.25, -0.2) is 8.78 Å². The number of hydrogen-bond donors (Lipinski definition) is 1. The highest BCUT2D eigenvalue weighted by atomic mass is 19.4. The highest BCUT2D eigenvalue weighted by Gasteiger charge is 2.31. The SMILES string of the molecule is CC(=O)N(CC(=O)Nc1ccc(F)c(F)c1)c1cccc(C(F)(F)F)c1. The normalized spacial score (nSPS) is 11.2. The summed E-state index contributed by atoms with van der Waals surface area (Å²) in [4.78, 5) is 24.6. The van der Waals surface area contributed by atoms with Gasteiger partial charge in [0.25, 0.3) is 0 Å². The van der Waals surface area contributed by atoms with Crippen LogP contribution in [-0.4, -0.2) is 18.4 Å². The van der Waals surface area contributed by atoms with Crippen LogP contribution in [0.25, 0.3) is 0 Å². The van der Waals surface area contributed by atoms with Crippen molar-refractivity contribution in [1.82, 2.24) is 0 Å². The lowest BCUT2D eigenvalue weighted by atomic mass is 10.1. The molecule has 0 aliphatic carbocycles. The van der Waals surface area contributed by atoms with Gasteiger partial charge in [0.15, 0.2) is 11.6 Å². The van der Waals surface area contributed by atoms with E-state index in [-0.39, 0.29) is 11.4 Å². The summed E-state index contributed by atoms with van der Waals surface area (Å²) in [5, 5.41) is 2.25. The standard InChI is InChI=1S/C17H13F5N2O2/c1-10(25)24(13-4-2-3-11(7-13)17(20,21)22)9-16(26)23-12-5-6-14(18)15(19)8-12/h2-8H,9H2,1H3,(H,23,26). The monoisotopic (exact) mass is 372 g/mol. The van der Waals surface area contributed by atoms with E-state index in [1.807, 2.05) is 0 Å². The topological polar surface area (TPSA) is 49.4 Å². The molecule has 0 spiro atoms. The Morgan fingerprint density at radius 1 is 1.04 bits per heavy atom. The minimum absolute atomic E-state index is 0.0542. The summed E-state index contributed by atoms with van der Waals surface area (Å²) in [6.07, 6.45) is -4.60. The Morgan fingerprint density at radius 3 is 2.31 bits per heavy atom. The van der Waals surface area contributed by atoms with E-state index in [1.165, 1.54) is 6.07 Å². The predicted molar refractivity (Wildman–Crippen MR) is 84.5 cm³/mol. The van der Waals surface area contributed by atoms with Crippen LogP contribution in [0.2, 0.25) is 0 Å². The Labute approximate surface area is 145 Å². The summed E-state index contributed by atoms with van der Waals surface area (Å²) >= 11 is 0. The molecule has 0 saturated carbocycles. The summed E-state index contributed by atoms with van der Waals surface area (Å²) in [5.74, 6) is -3.73. The second-order valence-corrected chi connectivity index (χ2v) is 5.33. The third kappa shape index (κ3) is 4.78. The molecule has 0 saturated heterocycles. The smallest absolute Gasteiger partial charge is 0.324 e. The predicted octanol–water partition coefficient (Wildman–Crippen LogP) is 3.98. The number of anilines is 2. The van der Waals surface area contributed by atoms with Crippen molar-refractivity contribution in [3.63, 3.8) is 0 Å². The lowest BCUT2D eigenvalue weighted by Crippen LogP contribution is -2.36. The number of carbonyl (C=O) groups is 2. The average Bonchev–Trinajstić information content (AvgIpc) is 2.55. The number of rotatable bonds is 4. The molecule has 0 bridgehead atoms. The summed E-state index contributed by atoms with van der Waals surface area (Å²) in [5.41, 5.74) is -1.14. The Kier molecular flexibility index (Phi) is 5.59. The molecule has 0 radical (unpaired) electrons. The van der Waals surface area contributed by atoms with E-state index >= 15 is 0 Å². The zero-order valence-electron chi connectivity index (χ0n) is 13.4. The second-order valence-electron chi connectivity index (χ2n) is 5.33. The third-order valence-corrected chi connectivity index (χ3v) is 3.37. The lowest BCUT2D eigenvalue weighted by Gasteiger charge is -2.21. The molecule has 1 N–H and O–H groups in total. The van der Waals surface area contributed by atoms with Gasteiger partial charge < -0.3 is 10.2 Å². The largest absolute Gasteiger partial charge is 0.416 e. The maximum Gasteiger partial charge on any atom is 0.416 e. The fraction of sp³-hybridized carbons (Fsp3) is 0.176. The maximum atomic E-state index is 13.1. The molecule has 2 aromatic carbocycles. The maximum absolute atomic E-state index is 13.1. The lowest BCUT2D eigenvalue weighted by molar-refractivity contribution is -0.137. The van der Waals surface area contributed by atoms with Crippen molar-refractivity contribution in [1.29, 1.82) is 0 Å². The second kappa shape index (κ2) is 7.51. The first-order chi connectivity index (χ1) is 12.1. The Bertz CT molecular complexity index is 836. The molecule has 9 heteroatoms. The van der Waals surface area contributed by atoms with Crippen molar-refractivity contribution < 1.29 is 31.5 Å². The van der Waals surface area contributed by atoms with Gasteiger partial charge in [-0.3, -0.25) is 9.59 Å². The molecule has 0 atom stereocenters. The zero-order valence-corrected chi connectivity index (χ0v) is 13.4. The van der Waals surface area contributed by atoms with E-state index in [2.05, 4.69) is 5.32 Å². The van der Waals surface area contributed by atoms with Crippen molar-refractivity contribution in [2.24, 2.45) is 0 Å². The molecule has 2 aromatic rings.